The Labute approximate surface area is 185 Å². The Bertz CT molecular complexity index is 1030. The Kier molecular flexibility index (Phi) is 6.13. The highest BCUT2D eigenvalue weighted by Crippen LogP contribution is 2.45. The Morgan fingerprint density at radius 3 is 2.55 bits per heavy atom. The Morgan fingerprint density at radius 1 is 1.10 bits per heavy atom. The Balaban J connectivity index is 1.64. The van der Waals surface area contributed by atoms with E-state index in [0.29, 0.717) is 23.1 Å². The number of hydrogen-bond donors (Lipinski definition) is 0. The van der Waals surface area contributed by atoms with Gasteiger partial charge in [-0.25, -0.2) is 4.39 Å². The van der Waals surface area contributed by atoms with Crippen LogP contribution in [-0.4, -0.2) is 11.7 Å². The minimum atomic E-state index is -0.280. The van der Waals surface area contributed by atoms with Crippen LogP contribution in [0.4, 0.5) is 10.1 Å². The zero-order valence-corrected chi connectivity index (χ0v) is 18.3. The molecule has 1 saturated heterocycles. The van der Waals surface area contributed by atoms with E-state index in [2.05, 4.69) is 15.9 Å². The molecule has 1 heterocycles. The number of carbonyl (C=O) groups excluding carboxylic acids is 1. The van der Waals surface area contributed by atoms with Crippen molar-refractivity contribution in [3.05, 3.63) is 93.2 Å². The number of thioether (sulfide) groups is 1. The first-order valence-corrected chi connectivity index (χ1v) is 11.1. The zero-order chi connectivity index (χ0) is 20.4. The number of amides is 1. The minimum Gasteiger partial charge on any atom is -0.489 e. The van der Waals surface area contributed by atoms with Gasteiger partial charge in [-0.05, 0) is 60.2 Å². The van der Waals surface area contributed by atoms with Crippen LogP contribution in [0.5, 0.6) is 5.75 Å². The van der Waals surface area contributed by atoms with E-state index >= 15 is 0 Å². The average Bonchev–Trinajstić information content (AvgIpc) is 3.10. The van der Waals surface area contributed by atoms with E-state index < -0.39 is 0 Å². The van der Waals surface area contributed by atoms with E-state index in [1.54, 1.807) is 40.9 Å². The van der Waals surface area contributed by atoms with E-state index in [1.807, 2.05) is 30.3 Å². The number of rotatable bonds is 5. The van der Waals surface area contributed by atoms with Gasteiger partial charge in [0, 0.05) is 20.7 Å². The summed E-state index contributed by atoms with van der Waals surface area (Å²) in [5.74, 6) is 0.824. The maximum Gasteiger partial charge on any atom is 0.238 e. The fourth-order valence-corrected chi connectivity index (χ4v) is 4.82. The lowest BCUT2D eigenvalue weighted by Crippen LogP contribution is -2.28. The highest BCUT2D eigenvalue weighted by molar-refractivity contribution is 9.10. The molecule has 1 aliphatic rings. The number of carbonyl (C=O) groups is 1. The van der Waals surface area contributed by atoms with Gasteiger partial charge in [-0.2, -0.15) is 0 Å². The topological polar surface area (TPSA) is 29.5 Å². The normalized spacial score (nSPS) is 16.3. The van der Waals surface area contributed by atoms with Crippen LogP contribution in [0.15, 0.2) is 71.2 Å². The van der Waals surface area contributed by atoms with E-state index in [0.717, 1.165) is 21.3 Å². The Morgan fingerprint density at radius 2 is 1.83 bits per heavy atom. The molecule has 1 aliphatic heterocycles. The third-order valence-corrected chi connectivity index (χ3v) is 6.46. The second kappa shape index (κ2) is 8.78. The van der Waals surface area contributed by atoms with Gasteiger partial charge in [0.25, 0.3) is 0 Å². The fourth-order valence-electron chi connectivity index (χ4n) is 3.12. The van der Waals surface area contributed by atoms with Crippen molar-refractivity contribution >= 4 is 50.9 Å². The monoisotopic (exact) mass is 491 g/mol. The number of hydrogen-bond acceptors (Lipinski definition) is 3. The van der Waals surface area contributed by atoms with Crippen molar-refractivity contribution in [2.45, 2.75) is 12.0 Å². The van der Waals surface area contributed by atoms with Crippen molar-refractivity contribution in [1.82, 2.24) is 0 Å². The highest BCUT2D eigenvalue weighted by atomic mass is 79.9. The maximum atomic E-state index is 13.1. The van der Waals surface area contributed by atoms with Gasteiger partial charge in [-0.15, -0.1) is 11.8 Å². The molecule has 3 aromatic carbocycles. The summed E-state index contributed by atoms with van der Waals surface area (Å²) in [5.41, 5.74) is 2.55. The van der Waals surface area contributed by atoms with Crippen LogP contribution < -0.4 is 9.64 Å². The summed E-state index contributed by atoms with van der Waals surface area (Å²) in [5, 5.41) is 0.403. The SMILES string of the molecule is O=C1CS[C@@H](c2cc(Br)ccc2OCc2ccc(F)cc2)N1c1ccc(Cl)cc1. The van der Waals surface area contributed by atoms with Gasteiger partial charge < -0.3 is 4.74 Å². The first-order valence-electron chi connectivity index (χ1n) is 8.87. The van der Waals surface area contributed by atoms with Crippen LogP contribution in [0.25, 0.3) is 0 Å². The van der Waals surface area contributed by atoms with Gasteiger partial charge in [-0.1, -0.05) is 39.7 Å². The largest absolute Gasteiger partial charge is 0.489 e. The number of anilines is 1. The second-order valence-electron chi connectivity index (χ2n) is 6.50. The quantitative estimate of drug-likeness (QED) is 0.402. The summed E-state index contributed by atoms with van der Waals surface area (Å²) >= 11 is 11.1. The van der Waals surface area contributed by atoms with E-state index in [-0.39, 0.29) is 17.1 Å². The number of nitrogens with zero attached hydrogens (tertiary/aromatic N) is 1. The molecular weight excluding hydrogens is 477 g/mol. The van der Waals surface area contributed by atoms with Gasteiger partial charge in [0.2, 0.25) is 5.91 Å². The third-order valence-electron chi connectivity index (χ3n) is 4.52. The predicted molar refractivity (Wildman–Crippen MR) is 119 cm³/mol. The molecule has 1 fully saturated rings. The fraction of sp³-hybridized carbons (Fsp3) is 0.136. The van der Waals surface area contributed by atoms with E-state index in [4.69, 9.17) is 16.3 Å². The van der Waals surface area contributed by atoms with Crippen LogP contribution in [0.1, 0.15) is 16.5 Å². The van der Waals surface area contributed by atoms with Crippen LogP contribution in [0, 0.1) is 5.82 Å². The maximum absolute atomic E-state index is 13.1. The molecule has 0 saturated carbocycles. The van der Waals surface area contributed by atoms with Gasteiger partial charge in [-0.3, -0.25) is 9.69 Å². The lowest BCUT2D eigenvalue weighted by Gasteiger charge is -2.26. The molecule has 0 radical (unpaired) electrons. The molecule has 4 rings (SSSR count). The van der Waals surface area contributed by atoms with Crippen LogP contribution in [-0.2, 0) is 11.4 Å². The summed E-state index contributed by atoms with van der Waals surface area (Å²) in [7, 11) is 0. The van der Waals surface area contributed by atoms with Crippen molar-refractivity contribution in [2.24, 2.45) is 0 Å². The highest BCUT2D eigenvalue weighted by Gasteiger charge is 2.35. The van der Waals surface area contributed by atoms with E-state index in [9.17, 15) is 9.18 Å². The van der Waals surface area contributed by atoms with Gasteiger partial charge in [0.1, 0.15) is 23.5 Å². The third kappa shape index (κ3) is 4.60. The summed E-state index contributed by atoms with van der Waals surface area (Å²) in [4.78, 5) is 14.4. The molecule has 1 amide bonds. The molecule has 3 aromatic rings. The number of ether oxygens (including phenoxy) is 1. The van der Waals surface area contributed by atoms with Crippen molar-refractivity contribution in [3.63, 3.8) is 0 Å². The standard InChI is InChI=1S/C22H16BrClFNO2S/c23-15-3-10-20(28-12-14-1-6-17(25)7-2-14)19(11-15)22-26(21(27)13-29-22)18-8-4-16(24)5-9-18/h1-11,22H,12-13H2/t22-/m0/s1. The molecule has 29 heavy (non-hydrogen) atoms. The minimum absolute atomic E-state index is 0.0341. The summed E-state index contributed by atoms with van der Waals surface area (Å²) < 4.78 is 20.1. The number of halogens is 3. The number of benzene rings is 3. The lowest BCUT2D eigenvalue weighted by atomic mass is 10.1. The van der Waals surface area contributed by atoms with Crippen molar-refractivity contribution in [1.29, 1.82) is 0 Å². The van der Waals surface area contributed by atoms with Crippen LogP contribution in [0.3, 0.4) is 0 Å². The average molecular weight is 493 g/mol. The molecule has 0 spiro atoms. The molecule has 1 atom stereocenters. The van der Waals surface area contributed by atoms with Crippen LogP contribution in [0.2, 0.25) is 5.02 Å². The molecule has 0 bridgehead atoms. The predicted octanol–water partition coefficient (Wildman–Crippen LogP) is 6.60. The summed E-state index contributed by atoms with van der Waals surface area (Å²) in [6.07, 6.45) is 0. The second-order valence-corrected chi connectivity index (χ2v) is 8.92. The molecule has 3 nitrogen and oxygen atoms in total. The molecule has 0 unspecified atom stereocenters. The lowest BCUT2D eigenvalue weighted by molar-refractivity contribution is -0.115. The molecule has 7 heteroatoms. The molecular formula is C22H16BrClFNO2S. The van der Waals surface area contributed by atoms with E-state index in [1.165, 1.54) is 12.1 Å². The van der Waals surface area contributed by atoms with Crippen molar-refractivity contribution < 1.29 is 13.9 Å². The van der Waals surface area contributed by atoms with Gasteiger partial charge >= 0.3 is 0 Å². The first kappa shape index (κ1) is 20.3. The summed E-state index contributed by atoms with van der Waals surface area (Å²) in [6, 6.07) is 19.2. The Hall–Kier alpha value is -2.02. The summed E-state index contributed by atoms with van der Waals surface area (Å²) in [6.45, 7) is 0.307. The zero-order valence-electron chi connectivity index (χ0n) is 15.1. The van der Waals surface area contributed by atoms with Crippen LogP contribution >= 0.6 is 39.3 Å². The van der Waals surface area contributed by atoms with Crippen molar-refractivity contribution in [2.75, 3.05) is 10.7 Å². The molecule has 148 valence electrons. The smallest absolute Gasteiger partial charge is 0.238 e. The molecule has 0 N–H and O–H groups in total. The van der Waals surface area contributed by atoms with Gasteiger partial charge in [0.05, 0.1) is 5.75 Å². The van der Waals surface area contributed by atoms with Crippen molar-refractivity contribution in [3.8, 4) is 5.75 Å². The molecule has 0 aliphatic carbocycles. The molecule has 0 aromatic heterocycles. The first-order chi connectivity index (χ1) is 14.0. The van der Waals surface area contributed by atoms with Gasteiger partial charge in [0.15, 0.2) is 0 Å².